The largest absolute Gasteiger partial charge is 0.497 e. The van der Waals surface area contributed by atoms with Crippen LogP contribution in [0.3, 0.4) is 0 Å². The van der Waals surface area contributed by atoms with Gasteiger partial charge in [0.25, 0.3) is 5.91 Å². The van der Waals surface area contributed by atoms with Gasteiger partial charge in [0.05, 0.1) is 13.2 Å². The quantitative estimate of drug-likeness (QED) is 0.473. The summed E-state index contributed by atoms with van der Waals surface area (Å²) in [6.45, 7) is 1.17. The van der Waals surface area contributed by atoms with Crippen molar-refractivity contribution in [2.24, 2.45) is 0 Å². The van der Waals surface area contributed by atoms with Crippen molar-refractivity contribution in [3.63, 3.8) is 0 Å². The number of ether oxygens (including phenoxy) is 2. The van der Waals surface area contributed by atoms with Gasteiger partial charge < -0.3 is 19.4 Å². The number of fused-ring (bicyclic) bond motifs is 4. The van der Waals surface area contributed by atoms with Gasteiger partial charge in [0.15, 0.2) is 5.11 Å². The van der Waals surface area contributed by atoms with Crippen LogP contribution in [0, 0.1) is 0 Å². The molecule has 2 aliphatic heterocycles. The van der Waals surface area contributed by atoms with Crippen molar-refractivity contribution in [2.45, 2.75) is 24.9 Å². The molecule has 7 heteroatoms. The number of benzene rings is 2. The van der Waals surface area contributed by atoms with Crippen molar-refractivity contribution in [2.75, 3.05) is 27.4 Å². The van der Waals surface area contributed by atoms with Crippen LogP contribution >= 0.6 is 12.2 Å². The number of rotatable bonds is 6. The third-order valence-electron chi connectivity index (χ3n) is 6.30. The molecule has 160 valence electrons. The van der Waals surface area contributed by atoms with Crippen LogP contribution in [0.25, 0.3) is 10.9 Å². The molecule has 6 nitrogen and oxygen atoms in total. The molecule has 1 aromatic heterocycles. The van der Waals surface area contributed by atoms with E-state index >= 15 is 0 Å². The first-order valence-corrected chi connectivity index (χ1v) is 10.9. The molecular formula is C24H25N3O3S. The molecular weight excluding hydrogens is 410 g/mol. The van der Waals surface area contributed by atoms with Crippen LogP contribution < -0.4 is 4.74 Å². The molecule has 5 rings (SSSR count). The minimum absolute atomic E-state index is 0.0792. The summed E-state index contributed by atoms with van der Waals surface area (Å²) in [6, 6.07) is 15.9. The average Bonchev–Trinajstić information content (AvgIpc) is 3.28. The summed E-state index contributed by atoms with van der Waals surface area (Å²) in [5, 5.41) is 1.77. The molecule has 2 unspecified atom stereocenters. The predicted octanol–water partition coefficient (Wildman–Crippen LogP) is 3.66. The molecule has 2 atom stereocenters. The van der Waals surface area contributed by atoms with Gasteiger partial charge in [-0.2, -0.15) is 0 Å². The highest BCUT2D eigenvalue weighted by atomic mass is 32.1. The van der Waals surface area contributed by atoms with E-state index in [1.807, 2.05) is 24.3 Å². The summed E-state index contributed by atoms with van der Waals surface area (Å²) < 4.78 is 10.5. The first kappa shape index (κ1) is 20.0. The smallest absolute Gasteiger partial charge is 0.251 e. The lowest BCUT2D eigenvalue weighted by Gasteiger charge is -2.37. The van der Waals surface area contributed by atoms with E-state index in [1.54, 1.807) is 19.1 Å². The molecule has 0 radical (unpaired) electrons. The lowest BCUT2D eigenvalue weighted by Crippen LogP contribution is -2.44. The highest BCUT2D eigenvalue weighted by molar-refractivity contribution is 7.80. The third-order valence-corrected chi connectivity index (χ3v) is 6.73. The number of H-pyrrole nitrogens is 1. The second-order valence-electron chi connectivity index (χ2n) is 7.98. The molecule has 1 amide bonds. The Labute approximate surface area is 186 Å². The molecule has 3 aromatic rings. The zero-order valence-corrected chi connectivity index (χ0v) is 18.4. The Bertz CT molecular complexity index is 1140. The fourth-order valence-corrected chi connectivity index (χ4v) is 5.25. The van der Waals surface area contributed by atoms with Gasteiger partial charge >= 0.3 is 0 Å². The SMILES string of the molecule is COCCCN1C(=O)C2Cc3c([nH]c4ccccc34)C(c3ccc(OC)cc3)N2C1=S. The van der Waals surface area contributed by atoms with Gasteiger partial charge in [-0.05, 0) is 48.0 Å². The van der Waals surface area contributed by atoms with E-state index in [9.17, 15) is 4.79 Å². The molecule has 1 fully saturated rings. The number of aromatic amines is 1. The van der Waals surface area contributed by atoms with E-state index < -0.39 is 0 Å². The number of carbonyl (C=O) groups is 1. The average molecular weight is 436 g/mol. The zero-order chi connectivity index (χ0) is 21.5. The summed E-state index contributed by atoms with van der Waals surface area (Å²) in [7, 11) is 3.33. The summed E-state index contributed by atoms with van der Waals surface area (Å²) in [5.41, 5.74) is 4.47. The van der Waals surface area contributed by atoms with E-state index in [4.69, 9.17) is 21.7 Å². The van der Waals surface area contributed by atoms with Crippen LogP contribution in [-0.2, 0) is 16.0 Å². The Morgan fingerprint density at radius 2 is 1.90 bits per heavy atom. The van der Waals surface area contributed by atoms with Crippen molar-refractivity contribution < 1.29 is 14.3 Å². The van der Waals surface area contributed by atoms with Crippen LogP contribution in [0.5, 0.6) is 5.75 Å². The first-order valence-electron chi connectivity index (χ1n) is 10.5. The standard InChI is InChI=1S/C24H25N3O3S/c1-29-13-5-12-26-23(28)20-14-18-17-6-3-4-7-19(17)25-21(18)22(27(20)24(26)31)15-8-10-16(30-2)11-9-15/h3-4,6-11,20,22,25H,5,12-14H2,1-2H3. The predicted molar refractivity (Wildman–Crippen MR) is 123 cm³/mol. The maximum absolute atomic E-state index is 13.4. The van der Waals surface area contributed by atoms with Crippen LogP contribution in [0.2, 0.25) is 0 Å². The van der Waals surface area contributed by atoms with Crippen LogP contribution in [0.1, 0.15) is 29.3 Å². The topological polar surface area (TPSA) is 57.8 Å². The van der Waals surface area contributed by atoms with Gasteiger partial charge in [0.2, 0.25) is 0 Å². The Hall–Kier alpha value is -2.90. The second-order valence-corrected chi connectivity index (χ2v) is 8.35. The molecule has 1 saturated heterocycles. The highest BCUT2D eigenvalue weighted by Gasteiger charge is 2.50. The van der Waals surface area contributed by atoms with E-state index in [0.29, 0.717) is 24.7 Å². The number of methoxy groups -OCH3 is 2. The van der Waals surface area contributed by atoms with Crippen LogP contribution in [0.15, 0.2) is 48.5 Å². The van der Waals surface area contributed by atoms with E-state index in [2.05, 4.69) is 34.1 Å². The molecule has 2 aliphatic rings. The lowest BCUT2D eigenvalue weighted by molar-refractivity contribution is -0.128. The number of para-hydroxylation sites is 1. The molecule has 0 aliphatic carbocycles. The van der Waals surface area contributed by atoms with Crippen molar-refractivity contribution in [1.29, 1.82) is 0 Å². The first-order chi connectivity index (χ1) is 15.1. The van der Waals surface area contributed by atoms with Gasteiger partial charge in [0, 0.05) is 43.3 Å². The maximum atomic E-state index is 13.4. The zero-order valence-electron chi connectivity index (χ0n) is 17.6. The van der Waals surface area contributed by atoms with Crippen molar-refractivity contribution in [3.05, 3.63) is 65.4 Å². The number of thiocarbonyl (C=S) groups is 1. The Morgan fingerprint density at radius 3 is 2.65 bits per heavy atom. The van der Waals surface area contributed by atoms with Gasteiger partial charge in [-0.1, -0.05) is 30.3 Å². The highest BCUT2D eigenvalue weighted by Crippen LogP contribution is 2.44. The number of amides is 1. The number of nitrogens with zero attached hydrogens (tertiary/aromatic N) is 2. The van der Waals surface area contributed by atoms with Crippen LogP contribution in [0.4, 0.5) is 0 Å². The summed E-state index contributed by atoms with van der Waals surface area (Å²) in [5.74, 6) is 0.879. The van der Waals surface area contributed by atoms with Crippen molar-refractivity contribution in [3.8, 4) is 5.75 Å². The second kappa shape index (κ2) is 7.98. The minimum atomic E-state index is -0.297. The summed E-state index contributed by atoms with van der Waals surface area (Å²) in [6.07, 6.45) is 1.40. The molecule has 0 spiro atoms. The molecule has 0 saturated carbocycles. The van der Waals surface area contributed by atoms with E-state index in [1.165, 1.54) is 10.9 Å². The molecule has 31 heavy (non-hydrogen) atoms. The minimum Gasteiger partial charge on any atom is -0.497 e. The lowest BCUT2D eigenvalue weighted by atomic mass is 9.89. The number of hydrogen-bond acceptors (Lipinski definition) is 4. The molecule has 3 heterocycles. The Morgan fingerprint density at radius 1 is 1.13 bits per heavy atom. The van der Waals surface area contributed by atoms with Gasteiger partial charge in [-0.15, -0.1) is 0 Å². The van der Waals surface area contributed by atoms with Crippen molar-refractivity contribution >= 4 is 34.1 Å². The molecule has 2 aromatic carbocycles. The maximum Gasteiger partial charge on any atom is 0.251 e. The third kappa shape index (κ3) is 3.20. The van der Waals surface area contributed by atoms with Crippen LogP contribution in [-0.4, -0.2) is 59.2 Å². The van der Waals surface area contributed by atoms with E-state index in [0.717, 1.165) is 28.9 Å². The number of nitrogens with one attached hydrogen (secondary N) is 1. The van der Waals surface area contributed by atoms with Gasteiger partial charge in [-0.25, -0.2) is 0 Å². The van der Waals surface area contributed by atoms with E-state index in [-0.39, 0.29) is 18.0 Å². The summed E-state index contributed by atoms with van der Waals surface area (Å²) in [4.78, 5) is 20.9. The normalized spacial score (nSPS) is 20.3. The molecule has 0 bridgehead atoms. The monoisotopic (exact) mass is 435 g/mol. The van der Waals surface area contributed by atoms with Crippen molar-refractivity contribution in [1.82, 2.24) is 14.8 Å². The van der Waals surface area contributed by atoms with Gasteiger partial charge in [-0.3, -0.25) is 9.69 Å². The summed E-state index contributed by atoms with van der Waals surface area (Å²) >= 11 is 5.85. The van der Waals surface area contributed by atoms with Gasteiger partial charge in [0.1, 0.15) is 11.8 Å². The number of carbonyl (C=O) groups excluding carboxylic acids is 1. The number of aromatic nitrogens is 1. The fourth-order valence-electron chi connectivity index (χ4n) is 4.83. The molecule has 1 N–H and O–H groups in total. The Kier molecular flexibility index (Phi) is 5.16. The fraction of sp³-hybridized carbons (Fsp3) is 0.333. The Balaban J connectivity index is 1.62. The number of hydrogen-bond donors (Lipinski definition) is 1.